The quantitative estimate of drug-likeness (QED) is 0.345. The van der Waals surface area contributed by atoms with Crippen LogP contribution in [0.25, 0.3) is 22.6 Å². The molecule has 0 saturated carbocycles. The molecule has 4 rings (SSSR count). The van der Waals surface area contributed by atoms with Gasteiger partial charge in [-0.25, -0.2) is 4.98 Å². The van der Waals surface area contributed by atoms with Crippen molar-refractivity contribution < 1.29 is 19.1 Å². The molecule has 3 aromatic carbocycles. The average Bonchev–Trinajstić information content (AvgIpc) is 3.18. The number of hydrogen-bond acceptors (Lipinski definition) is 6. The molecule has 1 heterocycles. The summed E-state index contributed by atoms with van der Waals surface area (Å²) in [6, 6.07) is 15.6. The molecule has 7 nitrogen and oxygen atoms in total. The Morgan fingerprint density at radius 3 is 2.58 bits per heavy atom. The Kier molecular flexibility index (Phi) is 6.28. The molecule has 168 valence electrons. The molecule has 8 heteroatoms. The number of phenols is 1. The van der Waals surface area contributed by atoms with E-state index < -0.39 is 0 Å². The van der Waals surface area contributed by atoms with Gasteiger partial charge in [-0.05, 0) is 86.6 Å². The average molecular weight is 462 g/mol. The Morgan fingerprint density at radius 2 is 1.88 bits per heavy atom. The van der Waals surface area contributed by atoms with Crippen LogP contribution in [0.4, 0.5) is 5.69 Å². The lowest BCUT2D eigenvalue weighted by Crippen LogP contribution is -2.34. The largest absolute Gasteiger partial charge is 0.507 e. The number of fused-ring (bicyclic) bond motifs is 1. The standard InChI is InChI=1S/C25H23N3O4S/c1-4-31-18-8-5-16(6-9-18)23(30)28-25(33)26-17-7-10-19(21(29)13-17)24-27-20-12-14(2)11-15(3)22(20)32-24/h5-13,29H,4H2,1-3H3,(H2,26,28,30,33). The van der Waals surface area contributed by atoms with Crippen LogP contribution in [-0.4, -0.2) is 27.7 Å². The predicted octanol–water partition coefficient (Wildman–Crippen LogP) is 5.34. The summed E-state index contributed by atoms with van der Waals surface area (Å²) in [5.41, 5.74) is 4.91. The van der Waals surface area contributed by atoms with Gasteiger partial charge in [-0.3, -0.25) is 10.1 Å². The van der Waals surface area contributed by atoms with Crippen molar-refractivity contribution in [3.63, 3.8) is 0 Å². The number of nitrogens with zero attached hydrogens (tertiary/aromatic N) is 1. The highest BCUT2D eigenvalue weighted by Crippen LogP contribution is 2.34. The second-order valence-electron chi connectivity index (χ2n) is 7.55. The van der Waals surface area contributed by atoms with E-state index in [1.165, 1.54) is 6.07 Å². The number of oxazole rings is 1. The van der Waals surface area contributed by atoms with Crippen molar-refractivity contribution >= 4 is 40.0 Å². The molecule has 0 aliphatic rings. The molecule has 0 radical (unpaired) electrons. The minimum Gasteiger partial charge on any atom is -0.507 e. The van der Waals surface area contributed by atoms with Crippen LogP contribution in [0.3, 0.4) is 0 Å². The van der Waals surface area contributed by atoms with E-state index in [-0.39, 0.29) is 16.8 Å². The van der Waals surface area contributed by atoms with Crippen molar-refractivity contribution in [1.82, 2.24) is 10.3 Å². The van der Waals surface area contributed by atoms with E-state index in [1.54, 1.807) is 36.4 Å². The number of carbonyl (C=O) groups excluding carboxylic acids is 1. The van der Waals surface area contributed by atoms with Crippen LogP contribution in [-0.2, 0) is 0 Å². The number of nitrogens with one attached hydrogen (secondary N) is 2. The number of anilines is 1. The van der Waals surface area contributed by atoms with Gasteiger partial charge in [0.1, 0.15) is 17.0 Å². The van der Waals surface area contributed by atoms with Crippen LogP contribution in [0.1, 0.15) is 28.4 Å². The molecule has 0 unspecified atom stereocenters. The number of benzene rings is 3. The Hall–Kier alpha value is -3.91. The minimum absolute atomic E-state index is 0.0263. The maximum absolute atomic E-state index is 12.4. The SMILES string of the molecule is CCOc1ccc(C(=O)NC(=S)Nc2ccc(-c3nc4cc(C)cc(C)c4o3)c(O)c2)cc1. The first-order valence-electron chi connectivity index (χ1n) is 10.4. The molecular formula is C25H23N3O4S. The molecule has 0 fully saturated rings. The zero-order valence-electron chi connectivity index (χ0n) is 18.4. The summed E-state index contributed by atoms with van der Waals surface area (Å²) in [6.45, 7) is 6.40. The Morgan fingerprint density at radius 1 is 1.12 bits per heavy atom. The van der Waals surface area contributed by atoms with Crippen LogP contribution in [0.15, 0.2) is 59.0 Å². The fourth-order valence-corrected chi connectivity index (χ4v) is 3.70. The van der Waals surface area contributed by atoms with Gasteiger partial charge in [-0.2, -0.15) is 0 Å². The van der Waals surface area contributed by atoms with E-state index in [1.807, 2.05) is 32.9 Å². The third-order valence-corrected chi connectivity index (χ3v) is 5.16. The van der Waals surface area contributed by atoms with Gasteiger partial charge in [0.15, 0.2) is 10.7 Å². The first kappa shape index (κ1) is 22.3. The Balaban J connectivity index is 1.45. The molecule has 0 atom stereocenters. The fourth-order valence-electron chi connectivity index (χ4n) is 3.49. The van der Waals surface area contributed by atoms with Gasteiger partial charge < -0.3 is 19.6 Å². The van der Waals surface area contributed by atoms with Gasteiger partial charge in [0, 0.05) is 17.3 Å². The molecule has 0 aliphatic heterocycles. The normalized spacial score (nSPS) is 10.8. The molecule has 0 saturated heterocycles. The van der Waals surface area contributed by atoms with E-state index in [2.05, 4.69) is 15.6 Å². The molecule has 0 spiro atoms. The highest BCUT2D eigenvalue weighted by atomic mass is 32.1. The monoisotopic (exact) mass is 461 g/mol. The highest BCUT2D eigenvalue weighted by molar-refractivity contribution is 7.80. The molecule has 1 amide bonds. The fraction of sp³-hybridized carbons (Fsp3) is 0.160. The molecule has 4 aromatic rings. The number of thiocarbonyl (C=S) groups is 1. The van der Waals surface area contributed by atoms with E-state index >= 15 is 0 Å². The third-order valence-electron chi connectivity index (χ3n) is 4.96. The van der Waals surface area contributed by atoms with Crippen LogP contribution in [0.2, 0.25) is 0 Å². The smallest absolute Gasteiger partial charge is 0.257 e. The number of aromatic hydroxyl groups is 1. The van der Waals surface area contributed by atoms with Crippen molar-refractivity contribution in [2.45, 2.75) is 20.8 Å². The summed E-state index contributed by atoms with van der Waals surface area (Å²) in [6.07, 6.45) is 0. The number of phenolic OH excluding ortho intramolecular Hbond substituents is 1. The van der Waals surface area contributed by atoms with Crippen LogP contribution in [0.5, 0.6) is 11.5 Å². The summed E-state index contributed by atoms with van der Waals surface area (Å²) < 4.78 is 11.3. The van der Waals surface area contributed by atoms with Gasteiger partial charge in [-0.15, -0.1) is 0 Å². The lowest BCUT2D eigenvalue weighted by molar-refractivity contribution is 0.0977. The number of ether oxygens (including phenoxy) is 1. The number of aromatic nitrogens is 1. The minimum atomic E-state index is -0.353. The van der Waals surface area contributed by atoms with Crippen LogP contribution in [0, 0.1) is 13.8 Å². The predicted molar refractivity (Wildman–Crippen MR) is 132 cm³/mol. The number of carbonyl (C=O) groups is 1. The lowest BCUT2D eigenvalue weighted by Gasteiger charge is -2.11. The van der Waals surface area contributed by atoms with Gasteiger partial charge in [0.05, 0.1) is 12.2 Å². The summed E-state index contributed by atoms with van der Waals surface area (Å²) in [5.74, 6) is 0.638. The molecule has 1 aromatic heterocycles. The number of hydrogen-bond donors (Lipinski definition) is 3. The van der Waals surface area contributed by atoms with Crippen molar-refractivity contribution in [3.05, 3.63) is 71.3 Å². The molecule has 0 aliphatic carbocycles. The van der Waals surface area contributed by atoms with Crippen molar-refractivity contribution in [3.8, 4) is 23.0 Å². The number of rotatable bonds is 5. The first-order chi connectivity index (χ1) is 15.8. The van der Waals surface area contributed by atoms with E-state index in [0.717, 1.165) is 16.6 Å². The van der Waals surface area contributed by atoms with Crippen molar-refractivity contribution in [2.24, 2.45) is 0 Å². The Bertz CT molecular complexity index is 1350. The Labute approximate surface area is 196 Å². The number of amides is 1. The molecular weight excluding hydrogens is 438 g/mol. The van der Waals surface area contributed by atoms with E-state index in [4.69, 9.17) is 21.4 Å². The summed E-state index contributed by atoms with van der Waals surface area (Å²) >= 11 is 5.24. The zero-order valence-corrected chi connectivity index (χ0v) is 19.2. The summed E-state index contributed by atoms with van der Waals surface area (Å²) in [5, 5.41) is 16.2. The van der Waals surface area contributed by atoms with Gasteiger partial charge >= 0.3 is 0 Å². The summed E-state index contributed by atoms with van der Waals surface area (Å²) in [4.78, 5) is 16.9. The van der Waals surface area contributed by atoms with E-state index in [0.29, 0.717) is 40.6 Å². The number of aryl methyl sites for hydroxylation is 2. The maximum atomic E-state index is 12.4. The molecule has 0 bridgehead atoms. The van der Waals surface area contributed by atoms with Crippen molar-refractivity contribution in [1.29, 1.82) is 0 Å². The van der Waals surface area contributed by atoms with Crippen LogP contribution >= 0.6 is 12.2 Å². The zero-order chi connectivity index (χ0) is 23.5. The van der Waals surface area contributed by atoms with Gasteiger partial charge in [-0.1, -0.05) is 6.07 Å². The topological polar surface area (TPSA) is 96.6 Å². The molecule has 3 N–H and O–H groups in total. The van der Waals surface area contributed by atoms with Crippen molar-refractivity contribution in [2.75, 3.05) is 11.9 Å². The van der Waals surface area contributed by atoms with E-state index in [9.17, 15) is 9.90 Å². The first-order valence-corrected chi connectivity index (χ1v) is 10.8. The highest BCUT2D eigenvalue weighted by Gasteiger charge is 2.15. The van der Waals surface area contributed by atoms with Gasteiger partial charge in [0.25, 0.3) is 5.91 Å². The molecule has 33 heavy (non-hydrogen) atoms. The summed E-state index contributed by atoms with van der Waals surface area (Å²) in [7, 11) is 0. The second-order valence-corrected chi connectivity index (χ2v) is 7.95. The third kappa shape index (κ3) is 4.96. The van der Waals surface area contributed by atoms with Gasteiger partial charge in [0.2, 0.25) is 5.89 Å². The maximum Gasteiger partial charge on any atom is 0.257 e. The van der Waals surface area contributed by atoms with Crippen LogP contribution < -0.4 is 15.4 Å². The lowest BCUT2D eigenvalue weighted by atomic mass is 10.1. The second kappa shape index (κ2) is 9.30.